The predicted octanol–water partition coefficient (Wildman–Crippen LogP) is 12.0. The van der Waals surface area contributed by atoms with Gasteiger partial charge in [0.25, 0.3) is 0 Å². The number of nitrogens with zero attached hydrogens (tertiary/aromatic N) is 2. The monoisotopic (exact) mass is 594 g/mol. The van der Waals surface area contributed by atoms with Gasteiger partial charge in [0.1, 0.15) is 10.3 Å². The second kappa shape index (κ2) is 9.17. The highest BCUT2D eigenvalue weighted by molar-refractivity contribution is 7.26. The van der Waals surface area contributed by atoms with E-state index >= 15 is 0 Å². The Kier molecular flexibility index (Phi) is 5.06. The minimum Gasteiger partial charge on any atom is -0.242 e. The van der Waals surface area contributed by atoms with E-state index < -0.39 is 0 Å². The molecule has 0 radical (unpaired) electrons. The van der Waals surface area contributed by atoms with Crippen molar-refractivity contribution in [2.75, 3.05) is 0 Å². The number of thiophene rings is 2. The molecule has 0 atom stereocenters. The Morgan fingerprint density at radius 3 is 1.82 bits per heavy atom. The lowest BCUT2D eigenvalue weighted by molar-refractivity contribution is 1.46. The largest absolute Gasteiger partial charge is 0.242 e. The summed E-state index contributed by atoms with van der Waals surface area (Å²) in [5.74, 6) is 0. The summed E-state index contributed by atoms with van der Waals surface area (Å²) >= 11 is 3.61. The van der Waals surface area contributed by atoms with Crippen molar-refractivity contribution in [1.82, 2.24) is 9.97 Å². The van der Waals surface area contributed by atoms with Crippen LogP contribution in [0.15, 0.2) is 133 Å². The number of benzene rings is 7. The van der Waals surface area contributed by atoms with E-state index in [-0.39, 0.29) is 0 Å². The molecule has 3 aromatic heterocycles. The molecule has 44 heavy (non-hydrogen) atoms. The molecule has 3 heterocycles. The Morgan fingerprint density at radius 2 is 1.00 bits per heavy atom. The Bertz CT molecular complexity index is 2790. The molecule has 4 heteroatoms. The van der Waals surface area contributed by atoms with E-state index in [0.717, 1.165) is 37.5 Å². The lowest BCUT2D eigenvalue weighted by Gasteiger charge is -2.09. The summed E-state index contributed by atoms with van der Waals surface area (Å²) in [4.78, 5) is 11.5. The molecule has 7 aromatic carbocycles. The molecule has 0 aliphatic heterocycles. The first-order valence-corrected chi connectivity index (χ1v) is 16.4. The van der Waals surface area contributed by atoms with Gasteiger partial charge in [0, 0.05) is 41.0 Å². The molecule has 0 saturated carbocycles. The zero-order valence-corrected chi connectivity index (χ0v) is 25.0. The van der Waals surface area contributed by atoms with Crippen LogP contribution in [-0.2, 0) is 0 Å². The highest BCUT2D eigenvalue weighted by Gasteiger charge is 2.16. The summed E-state index contributed by atoms with van der Waals surface area (Å²) in [5.41, 5.74) is 7.87. The zero-order valence-electron chi connectivity index (χ0n) is 23.4. The highest BCUT2D eigenvalue weighted by Crippen LogP contribution is 2.42. The summed E-state index contributed by atoms with van der Waals surface area (Å²) < 4.78 is 3.88. The van der Waals surface area contributed by atoms with Crippen LogP contribution in [-0.4, -0.2) is 9.97 Å². The molecule has 204 valence electrons. The predicted molar refractivity (Wildman–Crippen MR) is 191 cm³/mol. The van der Waals surface area contributed by atoms with Crippen LogP contribution < -0.4 is 0 Å². The van der Waals surface area contributed by atoms with Crippen molar-refractivity contribution in [3.05, 3.63) is 133 Å². The topological polar surface area (TPSA) is 25.8 Å². The summed E-state index contributed by atoms with van der Waals surface area (Å²) in [7, 11) is 0. The lowest BCUT2D eigenvalue weighted by Crippen LogP contribution is -1.89. The number of aromatic nitrogens is 2. The minimum absolute atomic E-state index is 0.971. The van der Waals surface area contributed by atoms with E-state index in [1.54, 1.807) is 11.3 Å². The summed E-state index contributed by atoms with van der Waals surface area (Å²) in [6, 6.07) is 48.2. The summed E-state index contributed by atoms with van der Waals surface area (Å²) in [6.07, 6.45) is 0. The standard InChI is InChI=1S/C40H22N2S2/c1-3-14-30-27(11-1)28-12-2-4-15-31(28)37-36(30)41-38-33-20-19-24(22-35(33)44-40(38)42-37)23-9-7-10-25(21-23)26-16-8-17-32-29-13-5-6-18-34(29)43-39(26)32/h1-22H. The molecule has 0 spiro atoms. The maximum absolute atomic E-state index is 5.30. The fraction of sp³-hybridized carbons (Fsp3) is 0. The number of hydrogen-bond acceptors (Lipinski definition) is 4. The molecule has 10 aromatic rings. The molecule has 0 bridgehead atoms. The summed E-state index contributed by atoms with van der Waals surface area (Å²) in [5, 5.41) is 8.56. The Labute approximate surface area is 260 Å². The SMILES string of the molecule is c1cc(-c2ccc3c(c2)sc2nc4c5ccccc5c5ccccc5c4nc23)cc(-c2cccc3c2sc2ccccc23)c1. The maximum atomic E-state index is 5.30. The minimum atomic E-state index is 0.971. The molecule has 0 saturated heterocycles. The van der Waals surface area contributed by atoms with E-state index in [9.17, 15) is 0 Å². The first-order valence-electron chi connectivity index (χ1n) is 14.7. The van der Waals surface area contributed by atoms with E-state index in [2.05, 4.69) is 133 Å². The molecule has 0 aliphatic rings. The molecular weight excluding hydrogens is 573 g/mol. The van der Waals surface area contributed by atoms with Gasteiger partial charge >= 0.3 is 0 Å². The number of hydrogen-bond donors (Lipinski definition) is 0. The highest BCUT2D eigenvalue weighted by atomic mass is 32.1. The van der Waals surface area contributed by atoms with Gasteiger partial charge in [-0.05, 0) is 51.2 Å². The smallest absolute Gasteiger partial charge is 0.143 e. The second-order valence-corrected chi connectivity index (χ2v) is 13.4. The van der Waals surface area contributed by atoms with Crippen molar-refractivity contribution in [3.8, 4) is 22.3 Å². The van der Waals surface area contributed by atoms with Gasteiger partial charge in [-0.25, -0.2) is 9.97 Å². The van der Waals surface area contributed by atoms with Gasteiger partial charge in [-0.15, -0.1) is 22.7 Å². The Morgan fingerprint density at radius 1 is 0.364 bits per heavy atom. The van der Waals surface area contributed by atoms with Crippen molar-refractivity contribution < 1.29 is 0 Å². The van der Waals surface area contributed by atoms with Gasteiger partial charge < -0.3 is 0 Å². The fourth-order valence-corrected chi connectivity index (χ4v) is 9.11. The third-order valence-corrected chi connectivity index (χ3v) is 11.1. The van der Waals surface area contributed by atoms with Crippen LogP contribution in [0.2, 0.25) is 0 Å². The van der Waals surface area contributed by atoms with Crippen LogP contribution in [0.1, 0.15) is 0 Å². The van der Waals surface area contributed by atoms with Gasteiger partial charge in [-0.1, -0.05) is 115 Å². The van der Waals surface area contributed by atoms with Crippen molar-refractivity contribution in [3.63, 3.8) is 0 Å². The van der Waals surface area contributed by atoms with Crippen molar-refractivity contribution >= 4 is 95.9 Å². The average molecular weight is 595 g/mol. The molecular formula is C40H22N2S2. The van der Waals surface area contributed by atoms with Gasteiger partial charge in [-0.2, -0.15) is 0 Å². The van der Waals surface area contributed by atoms with Crippen molar-refractivity contribution in [2.24, 2.45) is 0 Å². The van der Waals surface area contributed by atoms with Crippen molar-refractivity contribution in [1.29, 1.82) is 0 Å². The van der Waals surface area contributed by atoms with Gasteiger partial charge in [-0.3, -0.25) is 0 Å². The molecule has 0 amide bonds. The molecule has 0 unspecified atom stereocenters. The van der Waals surface area contributed by atoms with Crippen LogP contribution in [0.25, 0.3) is 95.4 Å². The average Bonchev–Trinajstić information content (AvgIpc) is 3.65. The van der Waals surface area contributed by atoms with Crippen LogP contribution >= 0.6 is 22.7 Å². The van der Waals surface area contributed by atoms with Crippen LogP contribution in [0, 0.1) is 0 Å². The molecule has 2 nitrogen and oxygen atoms in total. The third-order valence-electron chi connectivity index (χ3n) is 8.87. The normalized spacial score (nSPS) is 12.1. The second-order valence-electron chi connectivity index (χ2n) is 11.3. The third kappa shape index (κ3) is 3.47. The van der Waals surface area contributed by atoms with Crippen LogP contribution in [0.4, 0.5) is 0 Å². The quantitative estimate of drug-likeness (QED) is 0.186. The van der Waals surface area contributed by atoms with Gasteiger partial charge in [0.05, 0.1) is 11.0 Å². The van der Waals surface area contributed by atoms with Crippen LogP contribution in [0.3, 0.4) is 0 Å². The van der Waals surface area contributed by atoms with Gasteiger partial charge in [0.15, 0.2) is 0 Å². The first-order chi connectivity index (χ1) is 21.8. The number of rotatable bonds is 2. The van der Waals surface area contributed by atoms with Crippen molar-refractivity contribution in [2.45, 2.75) is 0 Å². The molecule has 0 N–H and O–H groups in total. The lowest BCUT2D eigenvalue weighted by atomic mass is 9.97. The molecule has 10 rings (SSSR count). The zero-order chi connectivity index (χ0) is 28.8. The Hall–Kier alpha value is -5.16. The maximum Gasteiger partial charge on any atom is 0.143 e. The van der Waals surface area contributed by atoms with E-state index in [4.69, 9.17) is 9.97 Å². The van der Waals surface area contributed by atoms with Crippen LogP contribution in [0.5, 0.6) is 0 Å². The Balaban J connectivity index is 1.15. The summed E-state index contributed by atoms with van der Waals surface area (Å²) in [6.45, 7) is 0. The molecule has 0 fully saturated rings. The molecule has 0 aliphatic carbocycles. The van der Waals surface area contributed by atoms with E-state index in [1.807, 2.05) is 11.3 Å². The fourth-order valence-electron chi connectivity index (χ4n) is 6.82. The first kappa shape index (κ1) is 24.3. The number of fused-ring (bicyclic) bond motifs is 12. The van der Waals surface area contributed by atoms with E-state index in [1.165, 1.54) is 57.9 Å². The van der Waals surface area contributed by atoms with E-state index in [0.29, 0.717) is 0 Å². The van der Waals surface area contributed by atoms with Gasteiger partial charge in [0.2, 0.25) is 0 Å².